The minimum atomic E-state index is 0.710. The second kappa shape index (κ2) is 4.13. The number of benzene rings is 1. The van der Waals surface area contributed by atoms with Crippen molar-refractivity contribution in [3.63, 3.8) is 0 Å². The highest BCUT2D eigenvalue weighted by molar-refractivity contribution is 7.18. The molecule has 0 amide bonds. The molecule has 3 rings (SSSR count). The Hall–Kier alpha value is -0.970. The van der Waals surface area contributed by atoms with E-state index in [9.17, 15) is 0 Å². The number of nitrogens with zero attached hydrogens (tertiary/aromatic N) is 1. The van der Waals surface area contributed by atoms with Crippen LogP contribution in [0.2, 0.25) is 0 Å². The average molecular weight is 234 g/mol. The summed E-state index contributed by atoms with van der Waals surface area (Å²) in [6.45, 7) is 0.710. The summed E-state index contributed by atoms with van der Waals surface area (Å²) < 4.78 is 1.29. The van der Waals surface area contributed by atoms with Gasteiger partial charge in [-0.25, -0.2) is 4.98 Å². The molecule has 3 nitrogen and oxygen atoms in total. The molecule has 1 aromatic heterocycles. The van der Waals surface area contributed by atoms with Gasteiger partial charge in [0.05, 0.1) is 22.3 Å². The lowest BCUT2D eigenvalue weighted by molar-refractivity contribution is 0.0870. The number of thiazole rings is 1. The van der Waals surface area contributed by atoms with E-state index in [0.717, 1.165) is 11.4 Å². The zero-order valence-corrected chi connectivity index (χ0v) is 10.0. The van der Waals surface area contributed by atoms with Crippen molar-refractivity contribution in [2.45, 2.75) is 25.3 Å². The summed E-state index contributed by atoms with van der Waals surface area (Å²) in [5, 5.41) is 1.31. The summed E-state index contributed by atoms with van der Waals surface area (Å²) in [7, 11) is 1.64. The van der Waals surface area contributed by atoms with Crippen LogP contribution in [0.3, 0.4) is 0 Å². The zero-order chi connectivity index (χ0) is 11.0. The second-order valence-corrected chi connectivity index (χ2v) is 5.18. The first kappa shape index (κ1) is 10.2. The molecule has 1 fully saturated rings. The number of hydrogen-bond acceptors (Lipinski definition) is 4. The fraction of sp³-hybridized carbons (Fsp3) is 0.417. The van der Waals surface area contributed by atoms with E-state index in [1.807, 2.05) is 11.3 Å². The van der Waals surface area contributed by atoms with E-state index in [1.54, 1.807) is 7.11 Å². The number of hydrogen-bond donors (Lipinski definition) is 1. The number of nitrogens with one attached hydrogen (secondary N) is 1. The molecule has 1 saturated carbocycles. The number of rotatable bonds is 4. The molecule has 0 unspecified atom stereocenters. The molecule has 84 valence electrons. The average Bonchev–Trinajstić information content (AvgIpc) is 3.06. The Labute approximate surface area is 98.4 Å². The molecular formula is C12H14N2OS. The lowest BCUT2D eigenvalue weighted by Crippen LogP contribution is -2.10. The Kier molecular flexibility index (Phi) is 2.63. The lowest BCUT2D eigenvalue weighted by Gasteiger charge is -2.02. The van der Waals surface area contributed by atoms with Crippen molar-refractivity contribution in [2.24, 2.45) is 0 Å². The van der Waals surface area contributed by atoms with Gasteiger partial charge < -0.3 is 4.84 Å². The largest absolute Gasteiger partial charge is 0.305 e. The summed E-state index contributed by atoms with van der Waals surface area (Å²) in [6, 6.07) is 6.34. The molecule has 0 bridgehead atoms. The first-order chi connectivity index (χ1) is 7.88. The molecule has 0 aliphatic heterocycles. The maximum absolute atomic E-state index is 4.89. The third-order valence-electron chi connectivity index (χ3n) is 2.85. The van der Waals surface area contributed by atoms with E-state index in [-0.39, 0.29) is 0 Å². The Balaban J connectivity index is 1.99. The van der Waals surface area contributed by atoms with Gasteiger partial charge in [0, 0.05) is 12.5 Å². The monoisotopic (exact) mass is 234 g/mol. The molecule has 1 aliphatic rings. The quantitative estimate of drug-likeness (QED) is 0.826. The van der Waals surface area contributed by atoms with Crippen LogP contribution in [0.1, 0.15) is 29.3 Å². The van der Waals surface area contributed by atoms with Crippen molar-refractivity contribution in [1.29, 1.82) is 0 Å². The Morgan fingerprint density at radius 2 is 2.38 bits per heavy atom. The Morgan fingerprint density at radius 3 is 3.12 bits per heavy atom. The Morgan fingerprint density at radius 1 is 1.50 bits per heavy atom. The fourth-order valence-corrected chi connectivity index (χ4v) is 3.00. The number of aromatic nitrogens is 1. The topological polar surface area (TPSA) is 34.1 Å². The lowest BCUT2D eigenvalue weighted by atomic mass is 10.2. The molecule has 0 atom stereocenters. The predicted molar refractivity (Wildman–Crippen MR) is 65.4 cm³/mol. The molecule has 1 N–H and O–H groups in total. The van der Waals surface area contributed by atoms with Crippen LogP contribution in [0.4, 0.5) is 0 Å². The van der Waals surface area contributed by atoms with Crippen LogP contribution in [0.15, 0.2) is 18.2 Å². The van der Waals surface area contributed by atoms with Gasteiger partial charge in [-0.2, -0.15) is 5.48 Å². The van der Waals surface area contributed by atoms with E-state index >= 15 is 0 Å². The van der Waals surface area contributed by atoms with Crippen LogP contribution < -0.4 is 5.48 Å². The summed E-state index contributed by atoms with van der Waals surface area (Å²) in [5.74, 6) is 0.737. The van der Waals surface area contributed by atoms with E-state index in [0.29, 0.717) is 6.54 Å². The Bertz CT molecular complexity index is 505. The van der Waals surface area contributed by atoms with Crippen LogP contribution in [0.25, 0.3) is 10.2 Å². The van der Waals surface area contributed by atoms with Gasteiger partial charge >= 0.3 is 0 Å². The summed E-state index contributed by atoms with van der Waals surface area (Å²) >= 11 is 1.84. The van der Waals surface area contributed by atoms with E-state index in [1.165, 1.54) is 28.1 Å². The molecule has 1 heterocycles. The highest BCUT2D eigenvalue weighted by atomic mass is 32.1. The van der Waals surface area contributed by atoms with Crippen LogP contribution >= 0.6 is 11.3 Å². The van der Waals surface area contributed by atoms with Gasteiger partial charge in [0.1, 0.15) is 0 Å². The minimum Gasteiger partial charge on any atom is -0.305 e. The van der Waals surface area contributed by atoms with Crippen LogP contribution in [0.5, 0.6) is 0 Å². The standard InChI is InChI=1S/C12H14N2OS/c1-15-13-7-9-3-2-4-10-11(9)14-12(16-10)8-5-6-8/h2-4,8,13H,5-7H2,1H3. The van der Waals surface area contributed by atoms with E-state index < -0.39 is 0 Å². The molecule has 0 radical (unpaired) electrons. The fourth-order valence-electron chi connectivity index (χ4n) is 1.82. The highest BCUT2D eigenvalue weighted by Crippen LogP contribution is 2.43. The molecule has 0 spiro atoms. The first-order valence-corrected chi connectivity index (χ1v) is 6.34. The predicted octanol–water partition coefficient (Wildman–Crippen LogP) is 2.82. The molecular weight excluding hydrogens is 220 g/mol. The smallest absolute Gasteiger partial charge is 0.0969 e. The molecule has 4 heteroatoms. The second-order valence-electron chi connectivity index (χ2n) is 4.12. The first-order valence-electron chi connectivity index (χ1n) is 5.52. The highest BCUT2D eigenvalue weighted by Gasteiger charge is 2.27. The minimum absolute atomic E-state index is 0.710. The molecule has 1 aliphatic carbocycles. The van der Waals surface area contributed by atoms with Gasteiger partial charge in [-0.3, -0.25) is 0 Å². The van der Waals surface area contributed by atoms with Crippen molar-refractivity contribution in [2.75, 3.05) is 7.11 Å². The maximum atomic E-state index is 4.89. The number of fused-ring (bicyclic) bond motifs is 1. The number of hydroxylamine groups is 1. The summed E-state index contributed by atoms with van der Waals surface area (Å²) in [5.41, 5.74) is 5.22. The van der Waals surface area contributed by atoms with E-state index in [4.69, 9.17) is 9.82 Å². The van der Waals surface area contributed by atoms with Gasteiger partial charge in [-0.15, -0.1) is 11.3 Å². The molecule has 2 aromatic rings. The maximum Gasteiger partial charge on any atom is 0.0969 e. The van der Waals surface area contributed by atoms with Crippen molar-refractivity contribution >= 4 is 21.6 Å². The third-order valence-corrected chi connectivity index (χ3v) is 4.04. The van der Waals surface area contributed by atoms with Gasteiger partial charge in [0.2, 0.25) is 0 Å². The van der Waals surface area contributed by atoms with Crippen molar-refractivity contribution < 1.29 is 4.84 Å². The van der Waals surface area contributed by atoms with Gasteiger partial charge in [0.15, 0.2) is 0 Å². The number of para-hydroxylation sites is 1. The summed E-state index contributed by atoms with van der Waals surface area (Å²) in [4.78, 5) is 9.64. The van der Waals surface area contributed by atoms with Crippen LogP contribution in [0, 0.1) is 0 Å². The van der Waals surface area contributed by atoms with E-state index in [2.05, 4.69) is 23.7 Å². The third kappa shape index (κ3) is 1.84. The molecule has 0 saturated heterocycles. The normalized spacial score (nSPS) is 15.8. The van der Waals surface area contributed by atoms with Crippen LogP contribution in [-0.4, -0.2) is 12.1 Å². The zero-order valence-electron chi connectivity index (χ0n) is 9.19. The van der Waals surface area contributed by atoms with Gasteiger partial charge in [-0.1, -0.05) is 12.1 Å². The SMILES string of the molecule is CONCc1cccc2sc(C3CC3)nc12. The van der Waals surface area contributed by atoms with Crippen molar-refractivity contribution in [3.05, 3.63) is 28.8 Å². The molecule has 1 aromatic carbocycles. The van der Waals surface area contributed by atoms with Gasteiger partial charge in [0.25, 0.3) is 0 Å². The van der Waals surface area contributed by atoms with Gasteiger partial charge in [-0.05, 0) is 24.5 Å². The van der Waals surface area contributed by atoms with Crippen molar-refractivity contribution in [3.8, 4) is 0 Å². The molecule has 16 heavy (non-hydrogen) atoms. The summed E-state index contributed by atoms with van der Waals surface area (Å²) in [6.07, 6.45) is 2.62. The van der Waals surface area contributed by atoms with Crippen molar-refractivity contribution in [1.82, 2.24) is 10.5 Å². The van der Waals surface area contributed by atoms with Crippen LogP contribution in [-0.2, 0) is 11.4 Å².